The molecular formula is C12H20N2O2. The minimum Gasteiger partial charge on any atom is -0.496 e. The zero-order valence-electron chi connectivity index (χ0n) is 10.1. The second-order valence-corrected chi connectivity index (χ2v) is 3.92. The molecule has 0 aliphatic carbocycles. The lowest BCUT2D eigenvalue weighted by molar-refractivity contribution is 0.189. The molecule has 0 saturated carbocycles. The number of ether oxygens (including phenoxy) is 1. The predicted octanol–water partition coefficient (Wildman–Crippen LogP) is 0.759. The fourth-order valence-electron chi connectivity index (χ4n) is 1.60. The fourth-order valence-corrected chi connectivity index (χ4v) is 1.60. The van der Waals surface area contributed by atoms with Gasteiger partial charge in [-0.1, -0.05) is 0 Å². The number of rotatable bonds is 5. The topological polar surface area (TPSA) is 58.7 Å². The third-order valence-corrected chi connectivity index (χ3v) is 2.58. The molecule has 1 aromatic rings. The second-order valence-electron chi connectivity index (χ2n) is 3.92. The molecule has 0 amide bonds. The average molecular weight is 224 g/mol. The molecular weight excluding hydrogens is 204 g/mol. The highest BCUT2D eigenvalue weighted by molar-refractivity contribution is 5.52. The van der Waals surface area contributed by atoms with E-state index >= 15 is 0 Å². The molecule has 0 heterocycles. The summed E-state index contributed by atoms with van der Waals surface area (Å²) in [6, 6.07) is 5.92. The molecule has 16 heavy (non-hydrogen) atoms. The molecule has 4 nitrogen and oxygen atoms in total. The monoisotopic (exact) mass is 224 g/mol. The maximum Gasteiger partial charge on any atom is 0.121 e. The number of methoxy groups -OCH3 is 1. The number of aryl methyl sites for hydroxylation is 1. The average Bonchev–Trinajstić information content (AvgIpc) is 2.28. The first kappa shape index (κ1) is 12.8. The van der Waals surface area contributed by atoms with Crippen LogP contribution in [-0.4, -0.2) is 38.5 Å². The van der Waals surface area contributed by atoms with Crippen LogP contribution in [0, 0.1) is 6.92 Å². The van der Waals surface area contributed by atoms with Crippen LogP contribution in [0.25, 0.3) is 0 Å². The van der Waals surface area contributed by atoms with Crippen LogP contribution >= 0.6 is 0 Å². The smallest absolute Gasteiger partial charge is 0.121 e. The van der Waals surface area contributed by atoms with Gasteiger partial charge in [0.1, 0.15) is 5.75 Å². The molecule has 3 N–H and O–H groups in total. The summed E-state index contributed by atoms with van der Waals surface area (Å²) in [5.41, 5.74) is 7.50. The van der Waals surface area contributed by atoms with E-state index in [1.54, 1.807) is 7.11 Å². The normalized spacial score (nSPS) is 12.3. The van der Waals surface area contributed by atoms with Crippen molar-refractivity contribution in [3.63, 3.8) is 0 Å². The summed E-state index contributed by atoms with van der Waals surface area (Å²) in [5.74, 6) is 0.872. The summed E-state index contributed by atoms with van der Waals surface area (Å²) < 4.78 is 5.19. The van der Waals surface area contributed by atoms with Crippen LogP contribution in [0.2, 0.25) is 0 Å². The molecule has 4 heteroatoms. The van der Waals surface area contributed by atoms with Gasteiger partial charge in [-0.15, -0.1) is 0 Å². The van der Waals surface area contributed by atoms with Crippen LogP contribution in [0.4, 0.5) is 5.69 Å². The van der Waals surface area contributed by atoms with Gasteiger partial charge in [-0.25, -0.2) is 0 Å². The number of nitrogens with two attached hydrogens (primary N) is 1. The van der Waals surface area contributed by atoms with E-state index in [1.807, 2.05) is 37.1 Å². The van der Waals surface area contributed by atoms with Gasteiger partial charge in [0.15, 0.2) is 0 Å². The van der Waals surface area contributed by atoms with E-state index in [2.05, 4.69) is 0 Å². The van der Waals surface area contributed by atoms with Gasteiger partial charge in [0.05, 0.1) is 13.2 Å². The van der Waals surface area contributed by atoms with Crippen molar-refractivity contribution in [3.05, 3.63) is 23.8 Å². The highest BCUT2D eigenvalue weighted by atomic mass is 16.5. The van der Waals surface area contributed by atoms with Crippen LogP contribution in [0.3, 0.4) is 0 Å². The quantitative estimate of drug-likeness (QED) is 0.775. The highest BCUT2D eigenvalue weighted by Crippen LogP contribution is 2.23. The summed E-state index contributed by atoms with van der Waals surface area (Å²) in [6.07, 6.45) is -0.493. The van der Waals surface area contributed by atoms with Crippen molar-refractivity contribution in [2.45, 2.75) is 13.0 Å². The summed E-state index contributed by atoms with van der Waals surface area (Å²) in [7, 11) is 3.59. The molecule has 0 aliphatic rings. The Labute approximate surface area is 96.6 Å². The van der Waals surface area contributed by atoms with E-state index in [-0.39, 0.29) is 6.54 Å². The first-order valence-corrected chi connectivity index (χ1v) is 5.32. The van der Waals surface area contributed by atoms with Gasteiger partial charge >= 0.3 is 0 Å². The maximum atomic E-state index is 9.47. The number of nitrogens with zero attached hydrogens (tertiary/aromatic N) is 1. The summed E-state index contributed by atoms with van der Waals surface area (Å²) in [4.78, 5) is 1.98. The van der Waals surface area contributed by atoms with Crippen LogP contribution in [0.5, 0.6) is 5.75 Å². The van der Waals surface area contributed by atoms with Crippen molar-refractivity contribution in [3.8, 4) is 5.75 Å². The van der Waals surface area contributed by atoms with Gasteiger partial charge in [0.2, 0.25) is 0 Å². The largest absolute Gasteiger partial charge is 0.496 e. The number of hydrogen-bond donors (Lipinski definition) is 2. The van der Waals surface area contributed by atoms with E-state index in [0.29, 0.717) is 6.54 Å². The molecule has 0 aliphatic heterocycles. The van der Waals surface area contributed by atoms with Gasteiger partial charge in [-0.2, -0.15) is 0 Å². The van der Waals surface area contributed by atoms with Crippen LogP contribution in [-0.2, 0) is 0 Å². The number of anilines is 1. The molecule has 0 spiro atoms. The zero-order chi connectivity index (χ0) is 12.1. The Morgan fingerprint density at radius 1 is 1.50 bits per heavy atom. The van der Waals surface area contributed by atoms with Gasteiger partial charge < -0.3 is 20.5 Å². The van der Waals surface area contributed by atoms with Crippen molar-refractivity contribution in [1.82, 2.24) is 0 Å². The maximum absolute atomic E-state index is 9.47. The van der Waals surface area contributed by atoms with Gasteiger partial charge in [-0.05, 0) is 30.7 Å². The Morgan fingerprint density at radius 3 is 2.69 bits per heavy atom. The molecule has 0 fully saturated rings. The number of likely N-dealkylation sites (N-methyl/N-ethyl adjacent to an activating group) is 1. The summed E-state index contributed by atoms with van der Waals surface area (Å²) in [5, 5.41) is 9.47. The summed E-state index contributed by atoms with van der Waals surface area (Å²) in [6.45, 7) is 2.80. The molecule has 1 rings (SSSR count). The van der Waals surface area contributed by atoms with Crippen molar-refractivity contribution >= 4 is 5.69 Å². The molecule has 0 aromatic heterocycles. The Kier molecular flexibility index (Phi) is 4.58. The SMILES string of the molecule is COc1ccc(N(C)CC(O)CN)cc1C. The predicted molar refractivity (Wildman–Crippen MR) is 66.1 cm³/mol. The van der Waals surface area contributed by atoms with Crippen LogP contribution in [0.1, 0.15) is 5.56 Å². The molecule has 0 saturated heterocycles. The van der Waals surface area contributed by atoms with E-state index in [0.717, 1.165) is 17.0 Å². The third kappa shape index (κ3) is 3.12. The van der Waals surface area contributed by atoms with Crippen LogP contribution in [0.15, 0.2) is 18.2 Å². The number of aliphatic hydroxyl groups excluding tert-OH is 1. The van der Waals surface area contributed by atoms with Crippen molar-refractivity contribution in [2.24, 2.45) is 5.73 Å². The number of aliphatic hydroxyl groups is 1. The Hall–Kier alpha value is -1.26. The standard InChI is InChI=1S/C12H20N2O2/c1-9-6-10(4-5-12(9)16-3)14(2)8-11(15)7-13/h4-6,11,15H,7-8,13H2,1-3H3. The Balaban J connectivity index is 2.76. The number of hydrogen-bond acceptors (Lipinski definition) is 4. The van der Waals surface area contributed by atoms with E-state index in [1.165, 1.54) is 0 Å². The second kappa shape index (κ2) is 5.72. The van der Waals surface area contributed by atoms with Gasteiger partial charge in [0.25, 0.3) is 0 Å². The molecule has 1 atom stereocenters. The lowest BCUT2D eigenvalue weighted by Gasteiger charge is -2.22. The summed E-state index contributed by atoms with van der Waals surface area (Å²) >= 11 is 0. The lowest BCUT2D eigenvalue weighted by Crippen LogP contribution is -2.34. The first-order valence-electron chi connectivity index (χ1n) is 5.32. The number of benzene rings is 1. The van der Waals surface area contributed by atoms with Crippen molar-refractivity contribution in [1.29, 1.82) is 0 Å². The minimum absolute atomic E-state index is 0.277. The van der Waals surface area contributed by atoms with Crippen molar-refractivity contribution < 1.29 is 9.84 Å². The fraction of sp³-hybridized carbons (Fsp3) is 0.500. The van der Waals surface area contributed by atoms with Crippen LogP contribution < -0.4 is 15.4 Å². The zero-order valence-corrected chi connectivity index (χ0v) is 10.1. The lowest BCUT2D eigenvalue weighted by atomic mass is 10.2. The highest BCUT2D eigenvalue weighted by Gasteiger charge is 2.08. The molecule has 1 aromatic carbocycles. The molecule has 1 unspecified atom stereocenters. The third-order valence-electron chi connectivity index (χ3n) is 2.58. The van der Waals surface area contributed by atoms with E-state index < -0.39 is 6.10 Å². The first-order chi connectivity index (χ1) is 7.58. The van der Waals surface area contributed by atoms with Gasteiger partial charge in [-0.3, -0.25) is 0 Å². The molecule has 0 bridgehead atoms. The molecule has 0 radical (unpaired) electrons. The van der Waals surface area contributed by atoms with E-state index in [9.17, 15) is 5.11 Å². The Morgan fingerprint density at radius 2 is 2.19 bits per heavy atom. The van der Waals surface area contributed by atoms with Gasteiger partial charge in [0, 0.05) is 25.8 Å². The minimum atomic E-state index is -0.493. The van der Waals surface area contributed by atoms with E-state index in [4.69, 9.17) is 10.5 Å². The molecule has 90 valence electrons. The van der Waals surface area contributed by atoms with Crippen molar-refractivity contribution in [2.75, 3.05) is 32.1 Å². The Bertz CT molecular complexity index is 342.